The zero-order chi connectivity index (χ0) is 18.9. The maximum atomic E-state index is 8.36. The third-order valence-electron chi connectivity index (χ3n) is 3.96. The Morgan fingerprint density at radius 3 is 1.00 bits per heavy atom. The molecule has 0 spiro atoms. The first-order valence-electron chi connectivity index (χ1n) is 8.51. The van der Waals surface area contributed by atoms with E-state index in [1.165, 1.54) is 0 Å². The summed E-state index contributed by atoms with van der Waals surface area (Å²) in [6.07, 6.45) is 0. The molecule has 0 radical (unpaired) electrons. The molecule has 1 aliphatic rings. The van der Waals surface area contributed by atoms with Crippen LogP contribution in [0.4, 0.5) is 0 Å². The van der Waals surface area contributed by atoms with Crippen LogP contribution in [0.25, 0.3) is 0 Å². The number of rotatable bonds is 3. The van der Waals surface area contributed by atoms with E-state index in [1.807, 2.05) is 91.0 Å². The Balaban J connectivity index is 0.000000659. The molecular weight excluding hydrogens is 341 g/mol. The molecule has 5 nitrogen and oxygen atoms in total. The van der Waals surface area contributed by atoms with Crippen molar-refractivity contribution < 1.29 is 23.6 Å². The van der Waals surface area contributed by atoms with Crippen molar-refractivity contribution >= 4 is 44.2 Å². The lowest BCUT2D eigenvalue weighted by Crippen LogP contribution is -2.61. The van der Waals surface area contributed by atoms with Gasteiger partial charge in [-0.15, -0.1) is 0 Å². The quantitative estimate of drug-likeness (QED) is 0.558. The van der Waals surface area contributed by atoms with Gasteiger partial charge in [0.05, 0.1) is 0 Å². The van der Waals surface area contributed by atoms with Crippen LogP contribution in [0.3, 0.4) is 0 Å². The van der Waals surface area contributed by atoms with Crippen LogP contribution >= 0.6 is 0 Å². The highest BCUT2D eigenvalue weighted by molar-refractivity contribution is 6.87. The van der Waals surface area contributed by atoms with Crippen molar-refractivity contribution in [1.29, 1.82) is 0 Å². The number of benzene rings is 3. The van der Waals surface area contributed by atoms with Crippen molar-refractivity contribution in [3.05, 3.63) is 91.0 Å². The molecule has 0 atom stereocenters. The van der Waals surface area contributed by atoms with E-state index in [1.54, 1.807) is 0 Å². The van der Waals surface area contributed by atoms with E-state index in [2.05, 4.69) is 0 Å². The fourth-order valence-electron chi connectivity index (χ4n) is 2.73. The summed E-state index contributed by atoms with van der Waals surface area (Å²) in [6.45, 7) is -0.250. The van der Waals surface area contributed by atoms with Crippen molar-refractivity contribution in [2.24, 2.45) is 0 Å². The van der Waals surface area contributed by atoms with Crippen molar-refractivity contribution in [1.82, 2.24) is 0 Å². The topological polar surface area (TPSA) is 65.0 Å². The molecule has 1 fully saturated rings. The van der Waals surface area contributed by atoms with Crippen LogP contribution in [-0.2, 0) is 18.5 Å². The number of hydrogen-bond acceptors (Lipinski definition) is 4. The van der Waals surface area contributed by atoms with Crippen LogP contribution in [0.1, 0.15) is 0 Å². The molecule has 1 N–H and O–H groups in total. The van der Waals surface area contributed by atoms with Gasteiger partial charge >= 0.3 is 21.4 Å². The number of carbonyl (C=O) groups is 1. The van der Waals surface area contributed by atoms with E-state index in [9.17, 15) is 0 Å². The van der Waals surface area contributed by atoms with Gasteiger partial charge in [0.25, 0.3) is 6.47 Å². The third-order valence-corrected chi connectivity index (χ3v) is 3.96. The molecule has 4 rings (SSSR count). The molecule has 3 aromatic rings. The lowest BCUT2D eigenvalue weighted by Gasteiger charge is -2.31. The lowest BCUT2D eigenvalue weighted by molar-refractivity contribution is -0.122. The smallest absolute Gasteiger partial charge is 0.467 e. The van der Waals surface area contributed by atoms with Gasteiger partial charge in [-0.05, 0) is 16.4 Å². The molecule has 0 saturated carbocycles. The molecule has 132 valence electrons. The first-order chi connectivity index (χ1) is 13.3. The highest BCUT2D eigenvalue weighted by Crippen LogP contribution is 2.10. The Labute approximate surface area is 159 Å². The molecule has 27 heavy (non-hydrogen) atoms. The van der Waals surface area contributed by atoms with Crippen LogP contribution in [0, 0.1) is 0 Å². The zero-order valence-electron chi connectivity index (χ0n) is 14.5. The van der Waals surface area contributed by atoms with Gasteiger partial charge in [0.15, 0.2) is 0 Å². The van der Waals surface area contributed by atoms with Crippen molar-refractivity contribution in [3.63, 3.8) is 0 Å². The van der Waals surface area contributed by atoms with E-state index >= 15 is 0 Å². The molecule has 1 saturated heterocycles. The maximum absolute atomic E-state index is 8.36. The van der Waals surface area contributed by atoms with Gasteiger partial charge < -0.3 is 18.8 Å². The lowest BCUT2D eigenvalue weighted by atomic mass is 9.61. The predicted molar refractivity (Wildman–Crippen MR) is 107 cm³/mol. The minimum atomic E-state index is -0.477. The first-order valence-corrected chi connectivity index (χ1v) is 8.51. The minimum absolute atomic E-state index is 0.250. The molecule has 0 aliphatic carbocycles. The molecule has 0 bridgehead atoms. The Hall–Kier alpha value is -2.80. The largest absolute Gasteiger partial charge is 0.483 e. The Morgan fingerprint density at radius 2 is 0.778 bits per heavy atom. The van der Waals surface area contributed by atoms with E-state index in [4.69, 9.17) is 23.6 Å². The van der Waals surface area contributed by atoms with Crippen LogP contribution in [0.2, 0.25) is 0 Å². The normalized spacial score (nSPS) is 13.6. The molecule has 3 aromatic carbocycles. The van der Waals surface area contributed by atoms with Gasteiger partial charge in [0, 0.05) is 0 Å². The SMILES string of the molecule is O=CO.c1ccc(B2OB(c3ccccc3)OB(c3ccccc3)O2)cc1. The highest BCUT2D eigenvalue weighted by Gasteiger charge is 2.43. The predicted octanol–water partition coefficient (Wildman–Crippen LogP) is 0.937. The van der Waals surface area contributed by atoms with E-state index in [0.29, 0.717) is 0 Å². The summed E-state index contributed by atoms with van der Waals surface area (Å²) in [7, 11) is -1.43. The van der Waals surface area contributed by atoms with Gasteiger partial charge in [-0.25, -0.2) is 0 Å². The monoisotopic (exact) mass is 358 g/mol. The summed E-state index contributed by atoms with van der Waals surface area (Å²) in [4.78, 5) is 8.36. The van der Waals surface area contributed by atoms with Gasteiger partial charge in [0.2, 0.25) is 0 Å². The molecule has 8 heteroatoms. The van der Waals surface area contributed by atoms with Crippen LogP contribution < -0.4 is 16.4 Å². The average Bonchev–Trinajstić information content (AvgIpc) is 2.76. The second-order valence-corrected chi connectivity index (χ2v) is 5.74. The Morgan fingerprint density at radius 1 is 0.556 bits per heavy atom. The summed E-state index contributed by atoms with van der Waals surface area (Å²) in [5, 5.41) is 6.89. The fraction of sp³-hybridized carbons (Fsp3) is 0. The maximum Gasteiger partial charge on any atom is 0.467 e. The molecule has 1 aliphatic heterocycles. The van der Waals surface area contributed by atoms with Crippen LogP contribution in [0.5, 0.6) is 0 Å². The van der Waals surface area contributed by atoms with Crippen LogP contribution in [0.15, 0.2) is 91.0 Å². The Bertz CT molecular complexity index is 706. The Kier molecular flexibility index (Phi) is 6.87. The van der Waals surface area contributed by atoms with Crippen molar-refractivity contribution in [2.75, 3.05) is 0 Å². The van der Waals surface area contributed by atoms with Gasteiger partial charge in [0.1, 0.15) is 0 Å². The van der Waals surface area contributed by atoms with Gasteiger partial charge in [-0.3, -0.25) is 4.79 Å². The summed E-state index contributed by atoms with van der Waals surface area (Å²) in [6, 6.07) is 29.8. The summed E-state index contributed by atoms with van der Waals surface area (Å²) < 4.78 is 18.2. The fourth-order valence-corrected chi connectivity index (χ4v) is 2.73. The second kappa shape index (κ2) is 9.78. The van der Waals surface area contributed by atoms with E-state index in [0.717, 1.165) is 16.4 Å². The molecule has 0 aromatic heterocycles. The third kappa shape index (κ3) is 5.11. The summed E-state index contributed by atoms with van der Waals surface area (Å²) in [5.41, 5.74) is 2.92. The van der Waals surface area contributed by atoms with Crippen molar-refractivity contribution in [3.8, 4) is 0 Å². The summed E-state index contributed by atoms with van der Waals surface area (Å²) in [5.74, 6) is 0. The van der Waals surface area contributed by atoms with Gasteiger partial charge in [-0.1, -0.05) is 91.0 Å². The van der Waals surface area contributed by atoms with Crippen LogP contribution in [-0.4, -0.2) is 32.9 Å². The number of carboxylic acid groups (broad SMARTS) is 1. The summed E-state index contributed by atoms with van der Waals surface area (Å²) >= 11 is 0. The van der Waals surface area contributed by atoms with E-state index in [-0.39, 0.29) is 6.47 Å². The van der Waals surface area contributed by atoms with Crippen molar-refractivity contribution in [2.45, 2.75) is 0 Å². The number of hydrogen-bond donors (Lipinski definition) is 1. The second-order valence-electron chi connectivity index (χ2n) is 5.74. The first kappa shape index (κ1) is 19.0. The highest BCUT2D eigenvalue weighted by atomic mass is 16.7. The van der Waals surface area contributed by atoms with E-state index < -0.39 is 21.4 Å². The average molecular weight is 358 g/mol. The van der Waals surface area contributed by atoms with Gasteiger partial charge in [-0.2, -0.15) is 0 Å². The molecule has 0 amide bonds. The molecule has 0 unspecified atom stereocenters. The minimum Gasteiger partial charge on any atom is -0.483 e. The molecule has 1 heterocycles. The molecular formula is C19H17B3O5. The standard InChI is InChI=1S/C18H15B3O3.CH2O2/c1-4-10-16(11-5-1)19-22-20(17-12-6-2-7-13-17)24-21(23-19)18-14-8-3-9-15-18;2-1-3/h1-15H;1H,(H,2,3). The zero-order valence-corrected chi connectivity index (χ0v) is 14.5.